The van der Waals surface area contributed by atoms with Gasteiger partial charge in [0, 0.05) is 38.0 Å². The second-order valence-electron chi connectivity index (χ2n) is 5.38. The number of unbranched alkanes of at least 4 members (excludes halogenated alkanes) is 1. The van der Waals surface area contributed by atoms with Gasteiger partial charge in [-0.25, -0.2) is 4.79 Å². The average molecular weight is 316 g/mol. The molecule has 1 amide bonds. The lowest BCUT2D eigenvalue weighted by Crippen LogP contribution is -2.39. The number of benzene rings is 1. The van der Waals surface area contributed by atoms with Crippen LogP contribution in [0.15, 0.2) is 24.3 Å². The number of hydrogen-bond acceptors (Lipinski definition) is 4. The minimum absolute atomic E-state index is 0.0197. The molecule has 1 aromatic carbocycles. The van der Waals surface area contributed by atoms with Crippen LogP contribution >= 0.6 is 0 Å². The molecule has 0 saturated carbocycles. The van der Waals surface area contributed by atoms with Gasteiger partial charge in [0.25, 0.3) is 0 Å². The number of methoxy groups -OCH3 is 1. The van der Waals surface area contributed by atoms with Crippen LogP contribution in [0.3, 0.4) is 0 Å². The summed E-state index contributed by atoms with van der Waals surface area (Å²) in [6.07, 6.45) is 1.40. The second-order valence-corrected chi connectivity index (χ2v) is 5.38. The number of nitrogens with zero attached hydrogens (tertiary/aromatic N) is 1. The largest absolute Gasteiger partial charge is 0.465 e. The van der Waals surface area contributed by atoms with Crippen LogP contribution < -0.4 is 5.73 Å². The highest BCUT2D eigenvalue weighted by atomic mass is 16.5. The maximum atomic E-state index is 11.6. The van der Waals surface area contributed by atoms with E-state index in [0.717, 1.165) is 6.42 Å². The van der Waals surface area contributed by atoms with Gasteiger partial charge in [0.05, 0.1) is 12.7 Å². The number of esters is 1. The molecule has 124 valence electrons. The van der Waals surface area contributed by atoms with Crippen molar-refractivity contribution in [3.63, 3.8) is 0 Å². The molecule has 1 aromatic rings. The lowest BCUT2D eigenvalue weighted by molar-refractivity contribution is -0.129. The van der Waals surface area contributed by atoms with Gasteiger partial charge in [-0.1, -0.05) is 24.0 Å². The molecule has 1 atom stereocenters. The van der Waals surface area contributed by atoms with Gasteiger partial charge in [0.2, 0.25) is 5.91 Å². The quantitative estimate of drug-likeness (QED) is 0.493. The monoisotopic (exact) mass is 316 g/mol. The molecule has 0 spiro atoms. The number of carbonyl (C=O) groups excluding carboxylic acids is 2. The Morgan fingerprint density at radius 1 is 1.35 bits per heavy atom. The van der Waals surface area contributed by atoms with Crippen molar-refractivity contribution < 1.29 is 14.3 Å². The zero-order valence-electron chi connectivity index (χ0n) is 14.0. The highest BCUT2D eigenvalue weighted by Crippen LogP contribution is 2.08. The van der Waals surface area contributed by atoms with Crippen molar-refractivity contribution in [1.29, 1.82) is 0 Å². The Morgan fingerprint density at radius 2 is 2.04 bits per heavy atom. The van der Waals surface area contributed by atoms with E-state index in [2.05, 4.69) is 11.8 Å². The summed E-state index contributed by atoms with van der Waals surface area (Å²) >= 11 is 0. The fourth-order valence-corrected chi connectivity index (χ4v) is 2.12. The maximum absolute atomic E-state index is 11.6. The fraction of sp³-hybridized carbons (Fsp3) is 0.444. The van der Waals surface area contributed by atoms with Crippen molar-refractivity contribution in [2.24, 2.45) is 5.73 Å². The molecule has 0 heterocycles. The van der Waals surface area contributed by atoms with Gasteiger partial charge in [-0.15, -0.1) is 0 Å². The van der Waals surface area contributed by atoms with Crippen LogP contribution in [-0.2, 0) is 9.53 Å². The third-order valence-corrected chi connectivity index (χ3v) is 3.24. The summed E-state index contributed by atoms with van der Waals surface area (Å²) in [6, 6.07) is 7.04. The first-order chi connectivity index (χ1) is 11.0. The molecule has 5 nitrogen and oxygen atoms in total. The summed E-state index contributed by atoms with van der Waals surface area (Å²) < 4.78 is 4.74. The molecule has 0 aliphatic rings. The van der Waals surface area contributed by atoms with Gasteiger partial charge < -0.3 is 15.4 Å². The van der Waals surface area contributed by atoms with E-state index in [9.17, 15) is 9.59 Å². The van der Waals surface area contributed by atoms with E-state index < -0.39 is 5.97 Å². The van der Waals surface area contributed by atoms with Crippen LogP contribution in [0.2, 0.25) is 0 Å². The first kappa shape index (κ1) is 18.7. The third-order valence-electron chi connectivity index (χ3n) is 3.24. The Labute approximate surface area is 137 Å². The highest BCUT2D eigenvalue weighted by Gasteiger charge is 2.10. The molecule has 23 heavy (non-hydrogen) atoms. The minimum Gasteiger partial charge on any atom is -0.465 e. The molecular weight excluding hydrogens is 292 g/mol. The summed E-state index contributed by atoms with van der Waals surface area (Å²) in [7, 11) is 1.35. The van der Waals surface area contributed by atoms with Crippen LogP contribution in [0.5, 0.6) is 0 Å². The number of rotatable bonds is 6. The molecule has 0 aromatic heterocycles. The van der Waals surface area contributed by atoms with Crippen molar-refractivity contribution in [3.05, 3.63) is 35.4 Å². The first-order valence-corrected chi connectivity index (χ1v) is 7.63. The van der Waals surface area contributed by atoms with Crippen LogP contribution in [-0.4, -0.2) is 43.0 Å². The van der Waals surface area contributed by atoms with Gasteiger partial charge in [-0.2, -0.15) is 0 Å². The Bertz CT molecular complexity index is 600. The minimum atomic E-state index is -0.394. The molecule has 1 rings (SSSR count). The van der Waals surface area contributed by atoms with E-state index in [1.54, 1.807) is 30.0 Å². The fourth-order valence-electron chi connectivity index (χ4n) is 2.12. The van der Waals surface area contributed by atoms with Crippen molar-refractivity contribution in [1.82, 2.24) is 4.90 Å². The van der Waals surface area contributed by atoms with Crippen molar-refractivity contribution in [2.45, 2.75) is 32.7 Å². The Balaban J connectivity index is 2.59. The number of ether oxygens (including phenoxy) is 1. The van der Waals surface area contributed by atoms with Crippen LogP contribution in [0.25, 0.3) is 0 Å². The van der Waals surface area contributed by atoms with E-state index in [-0.39, 0.29) is 11.9 Å². The number of hydrogen-bond donors (Lipinski definition) is 1. The molecule has 0 radical (unpaired) electrons. The predicted octanol–water partition coefficient (Wildman–Crippen LogP) is 1.80. The standard InChI is InChI=1S/C18H24N2O3/c1-14(19)13-20(15(2)21)12-8-4-5-9-16-10-6-7-11-17(16)18(22)23-3/h6-7,10-11,14H,4,8,12-13,19H2,1-3H3. The van der Waals surface area contributed by atoms with E-state index in [0.29, 0.717) is 30.6 Å². The van der Waals surface area contributed by atoms with Gasteiger partial charge in [-0.05, 0) is 25.5 Å². The van der Waals surface area contributed by atoms with E-state index in [4.69, 9.17) is 10.5 Å². The Kier molecular flexibility index (Phi) is 7.86. The lowest BCUT2D eigenvalue weighted by atomic mass is 10.1. The number of nitrogens with two attached hydrogens (primary N) is 1. The molecule has 2 N–H and O–H groups in total. The molecule has 0 fully saturated rings. The Hall–Kier alpha value is -2.32. The number of amides is 1. The van der Waals surface area contributed by atoms with Crippen molar-refractivity contribution in [3.8, 4) is 11.8 Å². The summed E-state index contributed by atoms with van der Waals surface area (Å²) in [6.45, 7) is 4.60. The topological polar surface area (TPSA) is 72.6 Å². The zero-order chi connectivity index (χ0) is 17.2. The van der Waals surface area contributed by atoms with Crippen LogP contribution in [0.1, 0.15) is 42.6 Å². The third kappa shape index (κ3) is 6.54. The normalized spacial score (nSPS) is 11.1. The first-order valence-electron chi connectivity index (χ1n) is 7.63. The molecule has 5 heteroatoms. The van der Waals surface area contributed by atoms with Crippen molar-refractivity contribution in [2.75, 3.05) is 20.2 Å². The summed E-state index contributed by atoms with van der Waals surface area (Å²) in [5.74, 6) is 5.66. The van der Waals surface area contributed by atoms with Crippen LogP contribution in [0, 0.1) is 11.8 Å². The Morgan fingerprint density at radius 3 is 2.65 bits per heavy atom. The molecule has 1 unspecified atom stereocenters. The number of carbonyl (C=O) groups is 2. The summed E-state index contributed by atoms with van der Waals surface area (Å²) in [5, 5.41) is 0. The van der Waals surface area contributed by atoms with Crippen molar-refractivity contribution >= 4 is 11.9 Å². The SMILES string of the molecule is COC(=O)c1ccccc1C#CCCCN(CC(C)N)C(C)=O. The molecule has 0 bridgehead atoms. The summed E-state index contributed by atoms with van der Waals surface area (Å²) in [5.41, 5.74) is 6.84. The highest BCUT2D eigenvalue weighted by molar-refractivity contribution is 5.92. The van der Waals surface area contributed by atoms with Gasteiger partial charge in [-0.3, -0.25) is 4.79 Å². The molecule has 0 saturated heterocycles. The summed E-state index contributed by atoms with van der Waals surface area (Å²) in [4.78, 5) is 24.9. The van der Waals surface area contributed by atoms with Gasteiger partial charge >= 0.3 is 5.97 Å². The second kappa shape index (κ2) is 9.65. The molecule has 0 aliphatic carbocycles. The molecular formula is C18H24N2O3. The van der Waals surface area contributed by atoms with Crippen LogP contribution in [0.4, 0.5) is 0 Å². The maximum Gasteiger partial charge on any atom is 0.339 e. The zero-order valence-corrected chi connectivity index (χ0v) is 14.0. The van der Waals surface area contributed by atoms with Gasteiger partial charge in [0.15, 0.2) is 0 Å². The van der Waals surface area contributed by atoms with E-state index in [1.807, 2.05) is 13.0 Å². The lowest BCUT2D eigenvalue weighted by Gasteiger charge is -2.22. The van der Waals surface area contributed by atoms with E-state index >= 15 is 0 Å². The van der Waals surface area contributed by atoms with Gasteiger partial charge in [0.1, 0.15) is 0 Å². The predicted molar refractivity (Wildman–Crippen MR) is 89.8 cm³/mol. The average Bonchev–Trinajstić information content (AvgIpc) is 2.52. The smallest absolute Gasteiger partial charge is 0.339 e. The van der Waals surface area contributed by atoms with E-state index in [1.165, 1.54) is 7.11 Å². The molecule has 0 aliphatic heterocycles.